The molecule has 7 rings (SSSR count). The molecule has 0 unspecified atom stereocenters. The number of hydrogen-bond acceptors (Lipinski definition) is 7. The molecule has 1 amide bonds. The first-order chi connectivity index (χ1) is 17.9. The van der Waals surface area contributed by atoms with Crippen molar-refractivity contribution in [3.8, 4) is 11.5 Å². The molecule has 3 aliphatic carbocycles. The molecule has 2 aliphatic heterocycles. The fourth-order valence-electron chi connectivity index (χ4n) is 7.42. The van der Waals surface area contributed by atoms with E-state index in [-0.39, 0.29) is 29.5 Å². The van der Waals surface area contributed by atoms with Gasteiger partial charge in [-0.25, -0.2) is 0 Å². The molecule has 8 nitrogen and oxygen atoms in total. The Morgan fingerprint density at radius 2 is 2.11 bits per heavy atom. The summed E-state index contributed by atoms with van der Waals surface area (Å²) >= 11 is 0. The lowest BCUT2D eigenvalue weighted by molar-refractivity contribution is -0.172. The van der Waals surface area contributed by atoms with Gasteiger partial charge in [0, 0.05) is 43.5 Å². The van der Waals surface area contributed by atoms with Crippen molar-refractivity contribution in [3.63, 3.8) is 0 Å². The zero-order valence-electron chi connectivity index (χ0n) is 20.8. The number of rotatable bonds is 5. The van der Waals surface area contributed by atoms with Crippen LogP contribution in [-0.4, -0.2) is 70.2 Å². The number of nitrogens with one attached hydrogen (secondary N) is 1. The first-order valence-electron chi connectivity index (χ1n) is 13.1. The van der Waals surface area contributed by atoms with Crippen molar-refractivity contribution in [2.45, 2.75) is 55.3 Å². The Hall–Kier alpha value is -3.36. The number of aromatic hydroxyl groups is 1. The minimum atomic E-state index is -1.33. The van der Waals surface area contributed by atoms with Crippen LogP contribution in [0.25, 0.3) is 0 Å². The number of phenolic OH excluding ortho intramolecular Hbond substituents is 1. The van der Waals surface area contributed by atoms with Crippen LogP contribution in [0.15, 0.2) is 52.7 Å². The Bertz CT molecular complexity index is 1380. The topological polar surface area (TPSA) is 115 Å². The SMILES string of the molecule is C/N=C/c1cccc(NC(=O)C2=C(O)[C@@H]3Oc4c(O)ccc5c4[C@@]34CCN(CC3CC3)[C@H](C5)[C@]4(O)C2)c1. The van der Waals surface area contributed by atoms with E-state index in [1.807, 2.05) is 18.2 Å². The van der Waals surface area contributed by atoms with Crippen LogP contribution in [0.1, 0.15) is 42.4 Å². The zero-order chi connectivity index (χ0) is 25.5. The van der Waals surface area contributed by atoms with Crippen molar-refractivity contribution in [2.24, 2.45) is 10.9 Å². The number of amides is 1. The fraction of sp³-hybridized carbons (Fsp3) is 0.448. The Balaban J connectivity index is 1.32. The molecule has 2 fully saturated rings. The van der Waals surface area contributed by atoms with Gasteiger partial charge in [0.2, 0.25) is 0 Å². The number of nitrogens with zero attached hydrogens (tertiary/aromatic N) is 2. The second-order valence-electron chi connectivity index (χ2n) is 11.3. The lowest BCUT2D eigenvalue weighted by atomic mass is 9.49. The van der Waals surface area contributed by atoms with Crippen molar-refractivity contribution in [1.29, 1.82) is 0 Å². The molecule has 37 heavy (non-hydrogen) atoms. The first kappa shape index (κ1) is 22.8. The molecule has 0 radical (unpaired) electrons. The van der Waals surface area contributed by atoms with Crippen molar-refractivity contribution >= 4 is 17.8 Å². The number of benzene rings is 2. The lowest BCUT2D eigenvalue weighted by Crippen LogP contribution is -2.75. The number of anilines is 1. The van der Waals surface area contributed by atoms with E-state index in [2.05, 4.69) is 15.2 Å². The van der Waals surface area contributed by atoms with Crippen LogP contribution >= 0.6 is 0 Å². The molecule has 2 aromatic rings. The van der Waals surface area contributed by atoms with Crippen LogP contribution in [0.5, 0.6) is 11.5 Å². The van der Waals surface area contributed by atoms with Gasteiger partial charge in [0.15, 0.2) is 17.6 Å². The maximum Gasteiger partial charge on any atom is 0.255 e. The summed E-state index contributed by atoms with van der Waals surface area (Å²) in [6.45, 7) is 1.70. The summed E-state index contributed by atoms with van der Waals surface area (Å²) in [5.41, 5.74) is 1.16. The predicted molar refractivity (Wildman–Crippen MR) is 138 cm³/mol. The number of aliphatic hydroxyl groups is 2. The zero-order valence-corrected chi connectivity index (χ0v) is 20.8. The Kier molecular flexibility index (Phi) is 4.82. The number of hydrogen-bond donors (Lipinski definition) is 4. The van der Waals surface area contributed by atoms with Gasteiger partial charge >= 0.3 is 0 Å². The van der Waals surface area contributed by atoms with Crippen LogP contribution in [0.2, 0.25) is 0 Å². The van der Waals surface area contributed by atoms with E-state index in [1.54, 1.807) is 31.5 Å². The van der Waals surface area contributed by atoms with Gasteiger partial charge in [0.1, 0.15) is 5.76 Å². The molecule has 2 aromatic carbocycles. The van der Waals surface area contributed by atoms with Crippen molar-refractivity contribution < 1.29 is 24.9 Å². The molecule has 1 spiro atoms. The Morgan fingerprint density at radius 1 is 1.27 bits per heavy atom. The predicted octanol–water partition coefficient (Wildman–Crippen LogP) is 3.07. The summed E-state index contributed by atoms with van der Waals surface area (Å²) < 4.78 is 6.26. The van der Waals surface area contributed by atoms with Crippen LogP contribution in [0, 0.1) is 5.92 Å². The first-order valence-corrected chi connectivity index (χ1v) is 13.1. The second kappa shape index (κ2) is 7.82. The van der Waals surface area contributed by atoms with Gasteiger partial charge in [-0.3, -0.25) is 14.7 Å². The molecule has 192 valence electrons. The second-order valence-corrected chi connectivity index (χ2v) is 11.3. The summed E-state index contributed by atoms with van der Waals surface area (Å²) in [4.78, 5) is 20.0. The molecule has 2 bridgehead atoms. The smallest absolute Gasteiger partial charge is 0.255 e. The van der Waals surface area contributed by atoms with Crippen molar-refractivity contribution in [1.82, 2.24) is 4.90 Å². The van der Waals surface area contributed by atoms with E-state index in [1.165, 1.54) is 12.8 Å². The number of ether oxygens (including phenoxy) is 1. The molecular formula is C29H31N3O5. The molecular weight excluding hydrogens is 470 g/mol. The van der Waals surface area contributed by atoms with E-state index in [0.717, 1.165) is 29.8 Å². The van der Waals surface area contributed by atoms with Gasteiger partial charge < -0.3 is 25.4 Å². The molecule has 2 heterocycles. The Morgan fingerprint density at radius 3 is 2.89 bits per heavy atom. The third-order valence-corrected chi connectivity index (χ3v) is 9.21. The van der Waals surface area contributed by atoms with Gasteiger partial charge in [-0.2, -0.15) is 0 Å². The normalized spacial score (nSPS) is 31.8. The minimum absolute atomic E-state index is 0.00283. The molecule has 5 aliphatic rings. The van der Waals surface area contributed by atoms with Crippen LogP contribution in [-0.2, 0) is 16.6 Å². The molecule has 0 aromatic heterocycles. The fourth-order valence-corrected chi connectivity index (χ4v) is 7.42. The summed E-state index contributed by atoms with van der Waals surface area (Å²) in [6, 6.07) is 10.6. The highest BCUT2D eigenvalue weighted by Gasteiger charge is 2.73. The Labute approximate surface area is 215 Å². The molecule has 1 saturated carbocycles. The van der Waals surface area contributed by atoms with Crippen LogP contribution < -0.4 is 10.1 Å². The summed E-state index contributed by atoms with van der Waals surface area (Å²) in [7, 11) is 1.68. The number of aliphatic hydroxyl groups excluding tert-OH is 1. The third kappa shape index (κ3) is 3.09. The summed E-state index contributed by atoms with van der Waals surface area (Å²) in [6.07, 6.45) is 4.40. The van der Waals surface area contributed by atoms with E-state index in [9.17, 15) is 20.1 Å². The van der Waals surface area contributed by atoms with E-state index >= 15 is 0 Å². The number of carbonyl (C=O) groups excluding carboxylic acids is 1. The van der Waals surface area contributed by atoms with Gasteiger partial charge in [-0.1, -0.05) is 18.2 Å². The standard InChI is InChI=1S/C29H31N3O5/c1-30-14-17-3-2-4-19(11-17)31-27(35)20-13-29(36)22-12-18-7-8-21(33)25-23(18)28(29,26(37-25)24(20)34)9-10-32(22)15-16-5-6-16/h2-4,7-8,11,14,16,22,26,33-34,36H,5-6,9-10,12-13,15H2,1H3,(H,31,35)/b30-14+/t22-,26+,28+,29-/m1/s1. The van der Waals surface area contributed by atoms with Crippen molar-refractivity contribution in [3.05, 3.63) is 64.4 Å². The third-order valence-electron chi connectivity index (χ3n) is 9.21. The number of piperidine rings is 1. The van der Waals surface area contributed by atoms with Crippen LogP contribution in [0.3, 0.4) is 0 Å². The van der Waals surface area contributed by atoms with E-state index in [0.29, 0.717) is 30.2 Å². The molecule has 1 saturated heterocycles. The number of aliphatic imine (C=N–C) groups is 1. The number of phenols is 1. The highest BCUT2D eigenvalue weighted by molar-refractivity contribution is 6.05. The van der Waals surface area contributed by atoms with E-state index in [4.69, 9.17) is 4.74 Å². The highest BCUT2D eigenvalue weighted by Crippen LogP contribution is 2.66. The molecule has 4 N–H and O–H groups in total. The summed E-state index contributed by atoms with van der Waals surface area (Å²) in [5.74, 6) is 0.352. The maximum absolute atomic E-state index is 13.6. The van der Waals surface area contributed by atoms with Gasteiger partial charge in [-0.15, -0.1) is 0 Å². The van der Waals surface area contributed by atoms with Crippen molar-refractivity contribution in [2.75, 3.05) is 25.5 Å². The molecule has 4 atom stereocenters. The van der Waals surface area contributed by atoms with Gasteiger partial charge in [0.05, 0.1) is 16.6 Å². The maximum atomic E-state index is 13.6. The minimum Gasteiger partial charge on any atom is -0.508 e. The number of carbonyl (C=O) groups is 1. The van der Waals surface area contributed by atoms with E-state index < -0.39 is 23.0 Å². The number of likely N-dealkylation sites (tertiary alicyclic amines) is 1. The average molecular weight is 502 g/mol. The highest BCUT2D eigenvalue weighted by atomic mass is 16.5. The molecule has 8 heteroatoms. The average Bonchev–Trinajstić information content (AvgIpc) is 3.61. The largest absolute Gasteiger partial charge is 0.508 e. The quantitative estimate of drug-likeness (QED) is 0.468. The lowest BCUT2D eigenvalue weighted by Gasteiger charge is -2.62. The monoisotopic (exact) mass is 501 g/mol. The van der Waals surface area contributed by atoms with Gasteiger partial charge in [0.25, 0.3) is 5.91 Å². The van der Waals surface area contributed by atoms with Crippen LogP contribution in [0.4, 0.5) is 5.69 Å². The van der Waals surface area contributed by atoms with Gasteiger partial charge in [-0.05, 0) is 67.5 Å². The summed E-state index contributed by atoms with van der Waals surface area (Å²) in [5, 5.41) is 37.8.